The fraction of sp³-hybridized carbons (Fsp3) is 0.375. The minimum Gasteiger partial charge on any atom is -0.462 e. The molecule has 4 aromatic rings. The molecule has 3 heterocycles. The fourth-order valence-electron chi connectivity index (χ4n) is 5.67. The van der Waals surface area contributed by atoms with Gasteiger partial charge >= 0.3 is 5.97 Å². The van der Waals surface area contributed by atoms with Crippen molar-refractivity contribution in [1.82, 2.24) is 24.3 Å². The number of nitrogens with one attached hydrogen (secondary N) is 1. The highest BCUT2D eigenvalue weighted by molar-refractivity contribution is 5.93. The van der Waals surface area contributed by atoms with Crippen molar-refractivity contribution in [3.63, 3.8) is 0 Å². The summed E-state index contributed by atoms with van der Waals surface area (Å²) in [5.74, 6) is -0.273. The lowest BCUT2D eigenvalue weighted by atomic mass is 10.1. The number of hydrogen-bond acceptors (Lipinski definition) is 8. The van der Waals surface area contributed by atoms with Crippen LogP contribution in [-0.2, 0) is 24.0 Å². The third-order valence-electron chi connectivity index (χ3n) is 8.12. The molecular weight excluding hydrogens is 516 g/mol. The molecule has 1 fully saturated rings. The maximum absolute atomic E-state index is 13.3. The second-order valence-corrected chi connectivity index (χ2v) is 10.9. The quantitative estimate of drug-likeness (QED) is 0.328. The van der Waals surface area contributed by atoms with Gasteiger partial charge in [-0.25, -0.2) is 9.78 Å². The molecule has 6 rings (SSSR count). The van der Waals surface area contributed by atoms with E-state index in [0.717, 1.165) is 69.8 Å². The summed E-state index contributed by atoms with van der Waals surface area (Å²) >= 11 is 0. The van der Waals surface area contributed by atoms with Crippen LogP contribution in [0.3, 0.4) is 0 Å². The van der Waals surface area contributed by atoms with Crippen molar-refractivity contribution in [2.75, 3.05) is 51.7 Å². The van der Waals surface area contributed by atoms with Crippen molar-refractivity contribution in [3.05, 3.63) is 87.3 Å². The van der Waals surface area contributed by atoms with Crippen LogP contribution in [0.15, 0.2) is 59.7 Å². The molecule has 0 spiro atoms. The molecule has 9 heteroatoms. The average Bonchev–Trinajstić information content (AvgIpc) is 3.46. The number of fused-ring (bicyclic) bond motifs is 2. The van der Waals surface area contributed by atoms with E-state index in [1.165, 1.54) is 22.9 Å². The van der Waals surface area contributed by atoms with Crippen LogP contribution in [-0.4, -0.2) is 76.7 Å². The second-order valence-electron chi connectivity index (χ2n) is 10.9. The smallest absolute Gasteiger partial charge is 0.343 e. The predicted molar refractivity (Wildman–Crippen MR) is 160 cm³/mol. The number of nitrogens with zero attached hydrogens (tertiary/aromatic N) is 5. The molecule has 0 atom stereocenters. The van der Waals surface area contributed by atoms with E-state index in [1.807, 2.05) is 18.2 Å². The number of ether oxygens (including phenoxy) is 1. The fourth-order valence-corrected chi connectivity index (χ4v) is 5.67. The molecule has 0 radical (unpaired) electrons. The van der Waals surface area contributed by atoms with Crippen LogP contribution in [0.2, 0.25) is 0 Å². The van der Waals surface area contributed by atoms with Crippen molar-refractivity contribution in [2.24, 2.45) is 0 Å². The van der Waals surface area contributed by atoms with Gasteiger partial charge in [0.25, 0.3) is 0 Å². The van der Waals surface area contributed by atoms with Gasteiger partial charge < -0.3 is 24.4 Å². The number of rotatable bonds is 8. The Bertz CT molecular complexity index is 1620. The maximum atomic E-state index is 13.3. The summed E-state index contributed by atoms with van der Waals surface area (Å²) in [6, 6.07) is 14.6. The summed E-state index contributed by atoms with van der Waals surface area (Å²) in [6.07, 6.45) is 7.25. The first-order valence-corrected chi connectivity index (χ1v) is 14.5. The van der Waals surface area contributed by atoms with E-state index in [-0.39, 0.29) is 17.6 Å². The molecule has 1 saturated heterocycles. The van der Waals surface area contributed by atoms with Crippen molar-refractivity contribution < 1.29 is 9.53 Å². The Balaban J connectivity index is 1.28. The van der Waals surface area contributed by atoms with Gasteiger partial charge in [-0.1, -0.05) is 18.2 Å². The van der Waals surface area contributed by atoms with Crippen LogP contribution in [0.4, 0.5) is 11.6 Å². The number of benzene rings is 2. The van der Waals surface area contributed by atoms with Crippen molar-refractivity contribution >= 4 is 28.6 Å². The van der Waals surface area contributed by atoms with Crippen molar-refractivity contribution in [2.45, 2.75) is 32.6 Å². The van der Waals surface area contributed by atoms with E-state index in [1.54, 1.807) is 17.7 Å². The number of hydrogen-bond donors (Lipinski definition) is 1. The van der Waals surface area contributed by atoms with Crippen LogP contribution in [0.1, 0.15) is 40.4 Å². The molecule has 212 valence electrons. The number of pyridine rings is 1. The highest BCUT2D eigenvalue weighted by Crippen LogP contribution is 2.26. The number of carbonyl (C=O) groups is 1. The molecular formula is C32H36N6O3. The van der Waals surface area contributed by atoms with Gasteiger partial charge in [-0.2, -0.15) is 4.98 Å². The van der Waals surface area contributed by atoms with E-state index in [4.69, 9.17) is 9.72 Å². The monoisotopic (exact) mass is 552 g/mol. The number of aromatic nitrogens is 3. The van der Waals surface area contributed by atoms with E-state index in [9.17, 15) is 9.59 Å². The van der Waals surface area contributed by atoms with Gasteiger partial charge in [-0.05, 0) is 80.6 Å². The summed E-state index contributed by atoms with van der Waals surface area (Å²) in [5.41, 5.74) is 5.58. The normalized spacial score (nSPS) is 15.7. The molecule has 2 aromatic carbocycles. The first-order chi connectivity index (χ1) is 20.0. The summed E-state index contributed by atoms with van der Waals surface area (Å²) in [7, 11) is 2.18. The Morgan fingerprint density at radius 2 is 1.80 bits per heavy atom. The summed E-state index contributed by atoms with van der Waals surface area (Å²) in [5, 5.41) is 3.55. The predicted octanol–water partition coefficient (Wildman–Crippen LogP) is 3.98. The number of aryl methyl sites for hydroxylation is 2. The molecule has 0 bridgehead atoms. The lowest BCUT2D eigenvalue weighted by Crippen LogP contribution is -2.45. The molecule has 0 amide bonds. The van der Waals surface area contributed by atoms with Gasteiger partial charge in [0.15, 0.2) is 5.65 Å². The van der Waals surface area contributed by atoms with Gasteiger partial charge in [-0.3, -0.25) is 4.79 Å². The molecule has 1 aliphatic carbocycles. The number of likely N-dealkylation sites (N-methyl/N-ethyl adjacent to an activating group) is 1. The molecule has 9 nitrogen and oxygen atoms in total. The van der Waals surface area contributed by atoms with Crippen LogP contribution in [0, 0.1) is 0 Å². The molecule has 1 aliphatic heterocycles. The van der Waals surface area contributed by atoms with E-state index in [2.05, 4.69) is 51.4 Å². The third-order valence-corrected chi connectivity index (χ3v) is 8.12. The van der Waals surface area contributed by atoms with Gasteiger partial charge in [0.05, 0.1) is 12.0 Å². The Morgan fingerprint density at radius 3 is 2.59 bits per heavy atom. The molecule has 0 saturated carbocycles. The average molecular weight is 553 g/mol. The number of carbonyl (C=O) groups excluding carboxylic acids is 1. The standard InChI is InChI=1S/C32H36N6O3/c1-3-41-31(40)28-21-38(26-12-9-23-5-4-6-24(23)19-26)30-27(29(28)39)20-33-32(35-30)34-25-10-7-22(8-11-25)13-14-37-17-15-36(2)16-18-37/h7-12,19-21H,3-6,13-18H2,1-2H3,(H,33,34,35). The Morgan fingerprint density at radius 1 is 1.02 bits per heavy atom. The zero-order chi connectivity index (χ0) is 28.3. The lowest BCUT2D eigenvalue weighted by molar-refractivity contribution is 0.0524. The lowest BCUT2D eigenvalue weighted by Gasteiger charge is -2.32. The van der Waals surface area contributed by atoms with Crippen LogP contribution in [0.5, 0.6) is 0 Å². The summed E-state index contributed by atoms with van der Waals surface area (Å²) < 4.78 is 6.98. The van der Waals surface area contributed by atoms with Gasteiger partial charge in [0.1, 0.15) is 5.56 Å². The Kier molecular flexibility index (Phi) is 7.80. The Labute approximate surface area is 239 Å². The first-order valence-electron chi connectivity index (χ1n) is 14.5. The van der Waals surface area contributed by atoms with Gasteiger partial charge in [-0.15, -0.1) is 0 Å². The SMILES string of the molecule is CCOC(=O)c1cn(-c2ccc3c(c2)CCC3)c2nc(Nc3ccc(CCN4CCN(C)CC4)cc3)ncc2c1=O. The van der Waals surface area contributed by atoms with E-state index >= 15 is 0 Å². The summed E-state index contributed by atoms with van der Waals surface area (Å²) in [6.45, 7) is 7.45. The van der Waals surface area contributed by atoms with Gasteiger partial charge in [0.2, 0.25) is 11.4 Å². The minimum atomic E-state index is -0.649. The van der Waals surface area contributed by atoms with Crippen molar-refractivity contribution in [3.8, 4) is 5.69 Å². The zero-order valence-corrected chi connectivity index (χ0v) is 23.7. The molecule has 1 N–H and O–H groups in total. The topological polar surface area (TPSA) is 92.6 Å². The minimum absolute atomic E-state index is 0.0312. The van der Waals surface area contributed by atoms with Gasteiger partial charge in [0, 0.05) is 56.5 Å². The van der Waals surface area contributed by atoms with E-state index < -0.39 is 11.4 Å². The summed E-state index contributed by atoms with van der Waals surface area (Å²) in [4.78, 5) is 40.0. The number of piperazine rings is 1. The van der Waals surface area contributed by atoms with Crippen molar-refractivity contribution in [1.29, 1.82) is 0 Å². The van der Waals surface area contributed by atoms with E-state index in [0.29, 0.717) is 11.6 Å². The maximum Gasteiger partial charge on any atom is 0.343 e. The number of anilines is 2. The largest absolute Gasteiger partial charge is 0.462 e. The number of esters is 1. The molecule has 2 aliphatic rings. The molecule has 0 unspecified atom stereocenters. The molecule has 2 aromatic heterocycles. The van der Waals surface area contributed by atoms with Crippen LogP contribution >= 0.6 is 0 Å². The Hall–Kier alpha value is -4.08. The second kappa shape index (κ2) is 11.8. The first kappa shape index (κ1) is 27.1. The highest BCUT2D eigenvalue weighted by atomic mass is 16.5. The molecule has 41 heavy (non-hydrogen) atoms. The highest BCUT2D eigenvalue weighted by Gasteiger charge is 2.20. The zero-order valence-electron chi connectivity index (χ0n) is 23.7. The van der Waals surface area contributed by atoms with Crippen LogP contribution < -0.4 is 10.7 Å². The third kappa shape index (κ3) is 5.87. The van der Waals surface area contributed by atoms with Crippen LogP contribution in [0.25, 0.3) is 16.7 Å².